The van der Waals surface area contributed by atoms with Crippen LogP contribution in [-0.4, -0.2) is 57.6 Å². The van der Waals surface area contributed by atoms with E-state index >= 15 is 0 Å². The third kappa shape index (κ3) is 15.4. The number of nitrogens with zero attached hydrogens (tertiary/aromatic N) is 1. The number of Topliss-reactive ketones (excluding diaryl/α,β-unsaturated/α-hetero) is 1. The Hall–Kier alpha value is -2.69. The predicted octanol–water partition coefficient (Wildman–Crippen LogP) is -2.04. The normalized spacial score (nSPS) is 10.6. The molecule has 0 aromatic carbocycles. The maximum absolute atomic E-state index is 10.2. The number of nitrogens with two attached hydrogens (primary N) is 3. The number of ketones is 1. The molecule has 0 rings (SSSR count). The van der Waals surface area contributed by atoms with Gasteiger partial charge in [0.05, 0.1) is 6.42 Å². The molecule has 9 N–H and O–H groups in total. The second-order valence-electron chi connectivity index (χ2n) is 4.02. The molecule has 0 saturated heterocycles. The zero-order valence-electron chi connectivity index (χ0n) is 11.8. The number of hydrogen-bond donors (Lipinski definition) is 6. The van der Waals surface area contributed by atoms with Crippen molar-refractivity contribution >= 4 is 29.7 Å². The van der Waals surface area contributed by atoms with E-state index in [4.69, 9.17) is 32.5 Å². The van der Waals surface area contributed by atoms with Crippen LogP contribution in [0.3, 0.4) is 0 Å². The number of hydrogen-bond acceptors (Lipinski definition) is 6. The first-order chi connectivity index (χ1) is 10.1. The van der Waals surface area contributed by atoms with Gasteiger partial charge in [0.2, 0.25) is 5.78 Å². The van der Waals surface area contributed by atoms with Crippen molar-refractivity contribution < 1.29 is 34.5 Å². The van der Waals surface area contributed by atoms with Crippen molar-refractivity contribution in [3.8, 4) is 0 Å². The number of guanidine groups is 1. The summed E-state index contributed by atoms with van der Waals surface area (Å²) in [4.78, 5) is 43.6. The smallest absolute Gasteiger partial charge is 0.372 e. The number of aliphatic carboxylic acids is 3. The molecule has 126 valence electrons. The van der Waals surface area contributed by atoms with Gasteiger partial charge in [0.1, 0.15) is 6.04 Å². The minimum absolute atomic E-state index is 0.0129. The molecule has 0 spiro atoms. The van der Waals surface area contributed by atoms with Crippen molar-refractivity contribution in [3.05, 3.63) is 0 Å². The molecule has 0 aliphatic carbocycles. The highest BCUT2D eigenvalue weighted by Crippen LogP contribution is 1.94. The minimum Gasteiger partial charge on any atom is -0.481 e. The van der Waals surface area contributed by atoms with Crippen LogP contribution >= 0.6 is 0 Å². The molecule has 0 fully saturated rings. The lowest BCUT2D eigenvalue weighted by Crippen LogP contribution is -2.30. The summed E-state index contributed by atoms with van der Waals surface area (Å²) in [6, 6.07) is -0.820. The molecule has 0 aliphatic rings. The van der Waals surface area contributed by atoms with Gasteiger partial charge in [-0.3, -0.25) is 19.4 Å². The van der Waals surface area contributed by atoms with Gasteiger partial charge < -0.3 is 32.5 Å². The van der Waals surface area contributed by atoms with Crippen molar-refractivity contribution in [3.63, 3.8) is 0 Å². The zero-order valence-corrected chi connectivity index (χ0v) is 11.8. The van der Waals surface area contributed by atoms with Gasteiger partial charge in [0.15, 0.2) is 5.96 Å². The lowest BCUT2D eigenvalue weighted by molar-refractivity contribution is -0.149. The second-order valence-corrected chi connectivity index (χ2v) is 4.02. The van der Waals surface area contributed by atoms with E-state index in [2.05, 4.69) is 4.99 Å². The fraction of sp³-hybridized carbons (Fsp3) is 0.545. The zero-order chi connectivity index (χ0) is 17.7. The van der Waals surface area contributed by atoms with E-state index in [1.54, 1.807) is 0 Å². The third-order valence-electron chi connectivity index (χ3n) is 2.09. The fourth-order valence-corrected chi connectivity index (χ4v) is 0.970. The highest BCUT2D eigenvalue weighted by molar-refractivity contribution is 6.32. The monoisotopic (exact) mass is 320 g/mol. The summed E-state index contributed by atoms with van der Waals surface area (Å²) in [5.74, 6) is -4.81. The Morgan fingerprint density at radius 1 is 1.00 bits per heavy atom. The molecule has 1 atom stereocenters. The van der Waals surface area contributed by atoms with Crippen molar-refractivity contribution in [2.24, 2.45) is 22.2 Å². The molecule has 0 saturated carbocycles. The van der Waals surface area contributed by atoms with Crippen molar-refractivity contribution in [2.75, 3.05) is 6.54 Å². The molecule has 11 heteroatoms. The summed E-state index contributed by atoms with van der Waals surface area (Å²) >= 11 is 0. The van der Waals surface area contributed by atoms with E-state index in [-0.39, 0.29) is 5.96 Å². The van der Waals surface area contributed by atoms with Crippen LogP contribution < -0.4 is 17.2 Å². The van der Waals surface area contributed by atoms with E-state index < -0.39 is 42.6 Å². The van der Waals surface area contributed by atoms with Crippen LogP contribution in [0.5, 0.6) is 0 Å². The molecule has 0 bridgehead atoms. The highest BCUT2D eigenvalue weighted by atomic mass is 16.4. The molecule has 1 unspecified atom stereocenters. The van der Waals surface area contributed by atoms with E-state index in [1.165, 1.54) is 0 Å². The van der Waals surface area contributed by atoms with E-state index in [1.807, 2.05) is 0 Å². The molecule has 22 heavy (non-hydrogen) atoms. The maximum Gasteiger partial charge on any atom is 0.372 e. The van der Waals surface area contributed by atoms with E-state index in [0.29, 0.717) is 19.4 Å². The molecule has 0 radical (unpaired) electrons. The molecule has 0 aliphatic heterocycles. The molecule has 11 nitrogen and oxygen atoms in total. The molecule has 0 aromatic heterocycles. The Labute approximate surface area is 125 Å². The summed E-state index contributed by atoms with van der Waals surface area (Å²) in [5.41, 5.74) is 15.3. The Kier molecular flexibility index (Phi) is 11.9. The van der Waals surface area contributed by atoms with Gasteiger partial charge in [-0.2, -0.15) is 0 Å². The topological polar surface area (TPSA) is 219 Å². The van der Waals surface area contributed by atoms with Gasteiger partial charge in [0.25, 0.3) is 0 Å². The predicted molar refractivity (Wildman–Crippen MR) is 75.0 cm³/mol. The first-order valence-corrected chi connectivity index (χ1v) is 6.09. The van der Waals surface area contributed by atoms with Gasteiger partial charge in [-0.15, -0.1) is 0 Å². The molecular weight excluding hydrogens is 300 g/mol. The standard InChI is InChI=1S/C6H14N4O2.C5H6O5/c7-4(5(11)12)2-1-3-10-6(8)9;6-3(5(9)10)1-2-4(7)8/h4H,1-3,7H2,(H,11,12)(H4,8,9,10);1-2H2,(H,7,8)(H,9,10). The Bertz CT molecular complexity index is 432. The van der Waals surface area contributed by atoms with E-state index in [0.717, 1.165) is 0 Å². The van der Waals surface area contributed by atoms with E-state index in [9.17, 15) is 19.2 Å². The summed E-state index contributed by atoms with van der Waals surface area (Å²) in [5, 5.41) is 24.3. The Morgan fingerprint density at radius 2 is 1.55 bits per heavy atom. The molecule has 0 heterocycles. The minimum atomic E-state index is -1.58. The maximum atomic E-state index is 10.2. The van der Waals surface area contributed by atoms with Crippen molar-refractivity contribution in [1.82, 2.24) is 0 Å². The number of carboxylic acid groups (broad SMARTS) is 3. The van der Waals surface area contributed by atoms with Gasteiger partial charge in [-0.25, -0.2) is 4.79 Å². The Balaban J connectivity index is 0. The molecule has 0 amide bonds. The molecule has 0 aromatic rings. The fourth-order valence-electron chi connectivity index (χ4n) is 0.970. The van der Waals surface area contributed by atoms with Crippen molar-refractivity contribution in [1.29, 1.82) is 0 Å². The number of carbonyl (C=O) groups excluding carboxylic acids is 1. The molecular formula is C11H20N4O7. The number of aliphatic imine (C=N–C) groups is 1. The Morgan fingerprint density at radius 3 is 1.91 bits per heavy atom. The van der Waals surface area contributed by atoms with Crippen molar-refractivity contribution in [2.45, 2.75) is 31.7 Å². The second kappa shape index (κ2) is 12.1. The van der Waals surface area contributed by atoms with Crippen LogP contribution in [0.4, 0.5) is 0 Å². The van der Waals surface area contributed by atoms with Crippen LogP contribution in [0.2, 0.25) is 0 Å². The van der Waals surface area contributed by atoms with Gasteiger partial charge >= 0.3 is 17.9 Å². The summed E-state index contributed by atoms with van der Waals surface area (Å²) < 4.78 is 0. The van der Waals surface area contributed by atoms with Crippen LogP contribution in [0.15, 0.2) is 4.99 Å². The highest BCUT2D eigenvalue weighted by Gasteiger charge is 2.12. The number of rotatable bonds is 9. The lowest BCUT2D eigenvalue weighted by atomic mass is 10.2. The van der Waals surface area contributed by atoms with Crippen LogP contribution in [0, 0.1) is 0 Å². The van der Waals surface area contributed by atoms with Crippen LogP contribution in [0.1, 0.15) is 25.7 Å². The lowest BCUT2D eigenvalue weighted by Gasteiger charge is -2.03. The number of carbonyl (C=O) groups is 4. The summed E-state index contributed by atoms with van der Waals surface area (Å²) in [6.07, 6.45) is 0.0906. The van der Waals surface area contributed by atoms with Gasteiger partial charge in [-0.1, -0.05) is 0 Å². The van der Waals surface area contributed by atoms with Gasteiger partial charge in [0, 0.05) is 13.0 Å². The first kappa shape index (κ1) is 21.6. The largest absolute Gasteiger partial charge is 0.481 e. The summed E-state index contributed by atoms with van der Waals surface area (Å²) in [6.45, 7) is 0.420. The van der Waals surface area contributed by atoms with Crippen LogP contribution in [0.25, 0.3) is 0 Å². The summed E-state index contributed by atoms with van der Waals surface area (Å²) in [7, 11) is 0. The SMILES string of the molecule is NC(N)=NCCCC(N)C(=O)O.O=C(O)CCC(=O)C(=O)O. The average Bonchev–Trinajstić information content (AvgIpc) is 2.40. The van der Waals surface area contributed by atoms with Gasteiger partial charge in [-0.05, 0) is 12.8 Å². The average molecular weight is 320 g/mol. The number of carboxylic acids is 3. The first-order valence-electron chi connectivity index (χ1n) is 6.09. The third-order valence-corrected chi connectivity index (χ3v) is 2.09. The van der Waals surface area contributed by atoms with Crippen LogP contribution in [-0.2, 0) is 19.2 Å². The quantitative estimate of drug-likeness (QED) is 0.118.